The molecule has 1 aliphatic rings. The summed E-state index contributed by atoms with van der Waals surface area (Å²) in [5.41, 5.74) is 8.17. The van der Waals surface area contributed by atoms with Crippen LogP contribution in [0, 0.1) is 6.92 Å². The fourth-order valence-electron chi connectivity index (χ4n) is 3.42. The third-order valence-electron chi connectivity index (χ3n) is 4.62. The Bertz CT molecular complexity index is 878. The molecule has 0 unspecified atom stereocenters. The molecule has 0 spiro atoms. The van der Waals surface area contributed by atoms with Gasteiger partial charge in [-0.2, -0.15) is 0 Å². The van der Waals surface area contributed by atoms with Crippen molar-refractivity contribution in [2.24, 2.45) is 0 Å². The van der Waals surface area contributed by atoms with Crippen LogP contribution in [0.2, 0.25) is 0 Å². The second-order valence-electron chi connectivity index (χ2n) is 6.45. The first-order valence-corrected chi connectivity index (χ1v) is 7.62. The van der Waals surface area contributed by atoms with Crippen LogP contribution in [0.25, 0.3) is 22.5 Å². The lowest BCUT2D eigenvalue weighted by Crippen LogP contribution is -2.15. The monoisotopic (exact) mass is 286 g/mol. The van der Waals surface area contributed by atoms with Gasteiger partial charge in [-0.3, -0.25) is 9.97 Å². The van der Waals surface area contributed by atoms with Crippen molar-refractivity contribution in [2.45, 2.75) is 26.2 Å². The van der Waals surface area contributed by atoms with Crippen molar-refractivity contribution < 1.29 is 0 Å². The Morgan fingerprint density at radius 3 is 2.45 bits per heavy atom. The standard InChI is InChI=1S/C20H18N2/c1-13-7-6-10-18(22-13)19-11-17-15(12-21-19)14-8-4-5-9-16(14)20(17,2)3/h4-12H,1-3H3. The van der Waals surface area contributed by atoms with Gasteiger partial charge in [0.1, 0.15) is 0 Å². The first-order valence-electron chi connectivity index (χ1n) is 7.62. The van der Waals surface area contributed by atoms with E-state index in [1.165, 1.54) is 22.3 Å². The van der Waals surface area contributed by atoms with Gasteiger partial charge in [-0.25, -0.2) is 0 Å². The maximum absolute atomic E-state index is 4.66. The lowest BCUT2D eigenvalue weighted by atomic mass is 9.82. The Balaban J connectivity index is 1.92. The number of pyridine rings is 2. The van der Waals surface area contributed by atoms with Crippen LogP contribution < -0.4 is 0 Å². The molecule has 1 aromatic carbocycles. The Labute approximate surface area is 130 Å². The molecule has 2 aromatic heterocycles. The maximum Gasteiger partial charge on any atom is 0.0889 e. The van der Waals surface area contributed by atoms with Crippen molar-refractivity contribution in [1.82, 2.24) is 9.97 Å². The number of rotatable bonds is 1. The number of aromatic nitrogens is 2. The van der Waals surface area contributed by atoms with E-state index in [0.717, 1.165) is 17.1 Å². The maximum atomic E-state index is 4.66. The van der Waals surface area contributed by atoms with E-state index in [4.69, 9.17) is 0 Å². The molecule has 0 radical (unpaired) electrons. The van der Waals surface area contributed by atoms with Crippen molar-refractivity contribution in [3.05, 3.63) is 71.5 Å². The van der Waals surface area contributed by atoms with Crippen LogP contribution in [0.1, 0.15) is 30.7 Å². The molecule has 0 fully saturated rings. The first kappa shape index (κ1) is 13.2. The zero-order valence-corrected chi connectivity index (χ0v) is 13.1. The molecule has 1 aliphatic carbocycles. The summed E-state index contributed by atoms with van der Waals surface area (Å²) in [7, 11) is 0. The van der Waals surface area contributed by atoms with Gasteiger partial charge >= 0.3 is 0 Å². The first-order chi connectivity index (χ1) is 10.6. The Kier molecular flexibility index (Phi) is 2.70. The van der Waals surface area contributed by atoms with E-state index in [9.17, 15) is 0 Å². The molecule has 2 nitrogen and oxygen atoms in total. The minimum atomic E-state index is 0.00738. The highest BCUT2D eigenvalue weighted by atomic mass is 14.8. The molecule has 3 aromatic rings. The van der Waals surface area contributed by atoms with Crippen LogP contribution in [-0.2, 0) is 5.41 Å². The topological polar surface area (TPSA) is 25.8 Å². The predicted octanol–water partition coefficient (Wildman–Crippen LogP) is 4.76. The molecule has 108 valence electrons. The quantitative estimate of drug-likeness (QED) is 0.644. The van der Waals surface area contributed by atoms with Gasteiger partial charge in [0, 0.05) is 22.9 Å². The molecule has 4 rings (SSSR count). The van der Waals surface area contributed by atoms with E-state index >= 15 is 0 Å². The van der Waals surface area contributed by atoms with Crippen molar-refractivity contribution in [1.29, 1.82) is 0 Å². The summed E-state index contributed by atoms with van der Waals surface area (Å²) in [6.07, 6.45) is 2.00. The molecule has 0 bridgehead atoms. The highest BCUT2D eigenvalue weighted by molar-refractivity contribution is 5.81. The summed E-state index contributed by atoms with van der Waals surface area (Å²) >= 11 is 0. The average molecular weight is 286 g/mol. The summed E-state index contributed by atoms with van der Waals surface area (Å²) in [5.74, 6) is 0. The number of fused-ring (bicyclic) bond motifs is 3. The van der Waals surface area contributed by atoms with Gasteiger partial charge in [0.25, 0.3) is 0 Å². The third kappa shape index (κ3) is 1.80. The summed E-state index contributed by atoms with van der Waals surface area (Å²) in [6, 6.07) is 16.9. The van der Waals surface area contributed by atoms with Gasteiger partial charge in [-0.05, 0) is 41.8 Å². The smallest absolute Gasteiger partial charge is 0.0889 e. The minimum absolute atomic E-state index is 0.00738. The van der Waals surface area contributed by atoms with E-state index < -0.39 is 0 Å². The van der Waals surface area contributed by atoms with Crippen molar-refractivity contribution in [2.75, 3.05) is 0 Å². The highest BCUT2D eigenvalue weighted by Gasteiger charge is 2.35. The zero-order chi connectivity index (χ0) is 15.3. The molecule has 0 amide bonds. The lowest BCUT2D eigenvalue weighted by molar-refractivity contribution is 0.660. The molecular weight excluding hydrogens is 268 g/mol. The van der Waals surface area contributed by atoms with Gasteiger partial charge < -0.3 is 0 Å². The normalized spacial score (nSPS) is 14.5. The van der Waals surface area contributed by atoms with E-state index in [0.29, 0.717) is 0 Å². The van der Waals surface area contributed by atoms with Crippen molar-refractivity contribution in [3.63, 3.8) is 0 Å². The summed E-state index contributed by atoms with van der Waals surface area (Å²) in [6.45, 7) is 6.58. The van der Waals surface area contributed by atoms with Crippen LogP contribution in [-0.4, -0.2) is 9.97 Å². The molecule has 0 saturated carbocycles. The van der Waals surface area contributed by atoms with Crippen LogP contribution in [0.4, 0.5) is 0 Å². The fraction of sp³-hybridized carbons (Fsp3) is 0.200. The Morgan fingerprint density at radius 2 is 1.64 bits per heavy atom. The largest absolute Gasteiger partial charge is 0.254 e. The molecule has 2 heterocycles. The summed E-state index contributed by atoms with van der Waals surface area (Å²) < 4.78 is 0. The number of aryl methyl sites for hydroxylation is 1. The Morgan fingerprint density at radius 1 is 0.818 bits per heavy atom. The number of hydrogen-bond donors (Lipinski definition) is 0. The summed E-state index contributed by atoms with van der Waals surface area (Å²) in [5, 5.41) is 0. The van der Waals surface area contributed by atoms with E-state index in [-0.39, 0.29) is 5.41 Å². The van der Waals surface area contributed by atoms with E-state index in [1.54, 1.807) is 0 Å². The average Bonchev–Trinajstić information content (AvgIpc) is 2.76. The highest BCUT2D eigenvalue weighted by Crippen LogP contribution is 2.48. The van der Waals surface area contributed by atoms with E-state index in [2.05, 4.69) is 54.1 Å². The number of nitrogens with zero attached hydrogens (tertiary/aromatic N) is 2. The fourth-order valence-corrected chi connectivity index (χ4v) is 3.42. The SMILES string of the molecule is Cc1cccc(-c2cc3c(cn2)-c2ccccc2C3(C)C)n1. The van der Waals surface area contributed by atoms with Crippen LogP contribution in [0.3, 0.4) is 0 Å². The van der Waals surface area contributed by atoms with Crippen LogP contribution in [0.5, 0.6) is 0 Å². The van der Waals surface area contributed by atoms with Gasteiger partial charge in [0.15, 0.2) is 0 Å². The summed E-state index contributed by atoms with van der Waals surface area (Å²) in [4.78, 5) is 9.27. The number of benzene rings is 1. The number of hydrogen-bond acceptors (Lipinski definition) is 2. The van der Waals surface area contributed by atoms with E-state index in [1.807, 2.05) is 31.3 Å². The molecule has 0 N–H and O–H groups in total. The molecule has 0 saturated heterocycles. The molecule has 0 atom stereocenters. The van der Waals surface area contributed by atoms with Gasteiger partial charge in [-0.15, -0.1) is 0 Å². The lowest BCUT2D eigenvalue weighted by Gasteiger charge is -2.21. The molecule has 0 aliphatic heterocycles. The second-order valence-corrected chi connectivity index (χ2v) is 6.45. The van der Waals surface area contributed by atoms with Crippen molar-refractivity contribution in [3.8, 4) is 22.5 Å². The predicted molar refractivity (Wildman–Crippen MR) is 89.8 cm³/mol. The Hall–Kier alpha value is -2.48. The van der Waals surface area contributed by atoms with Gasteiger partial charge in [0.2, 0.25) is 0 Å². The van der Waals surface area contributed by atoms with Crippen LogP contribution in [0.15, 0.2) is 54.7 Å². The molecule has 2 heteroatoms. The zero-order valence-electron chi connectivity index (χ0n) is 13.1. The minimum Gasteiger partial charge on any atom is -0.254 e. The van der Waals surface area contributed by atoms with Gasteiger partial charge in [0.05, 0.1) is 11.4 Å². The van der Waals surface area contributed by atoms with Crippen LogP contribution >= 0.6 is 0 Å². The van der Waals surface area contributed by atoms with Gasteiger partial charge in [-0.1, -0.05) is 44.2 Å². The molecular formula is C20H18N2. The third-order valence-corrected chi connectivity index (χ3v) is 4.62. The van der Waals surface area contributed by atoms with Crippen molar-refractivity contribution >= 4 is 0 Å². The molecule has 22 heavy (non-hydrogen) atoms. The second kappa shape index (κ2) is 4.51.